The molecule has 1 atom stereocenters. The zero-order valence-electron chi connectivity index (χ0n) is 11.2. The number of hydrogen-bond acceptors (Lipinski definition) is 5. The van der Waals surface area contributed by atoms with Gasteiger partial charge in [-0.25, -0.2) is 8.42 Å². The third kappa shape index (κ3) is 2.48. The molecule has 1 unspecified atom stereocenters. The summed E-state index contributed by atoms with van der Waals surface area (Å²) in [4.78, 5) is 0.262. The van der Waals surface area contributed by atoms with E-state index in [1.54, 1.807) is 48.5 Å². The summed E-state index contributed by atoms with van der Waals surface area (Å²) in [5.41, 5.74) is 6.32. The fraction of sp³-hybridized carbons (Fsp3) is 0.200. The molecule has 3 rings (SSSR count). The Balaban J connectivity index is 2.02. The van der Waals surface area contributed by atoms with Crippen LogP contribution < -0.4 is 15.2 Å². The number of hydrogen-bond donors (Lipinski definition) is 1. The number of benzene rings is 2. The van der Waals surface area contributed by atoms with Crippen molar-refractivity contribution >= 4 is 9.84 Å². The summed E-state index contributed by atoms with van der Waals surface area (Å²) in [5.74, 6) is 1.17. The van der Waals surface area contributed by atoms with Gasteiger partial charge in [0.2, 0.25) is 6.79 Å². The van der Waals surface area contributed by atoms with Crippen LogP contribution in [0.1, 0.15) is 10.8 Å². The van der Waals surface area contributed by atoms with Crippen molar-refractivity contribution in [1.29, 1.82) is 0 Å². The number of ether oxygens (including phenoxy) is 2. The second kappa shape index (κ2) is 5.38. The predicted octanol–water partition coefficient (Wildman–Crippen LogP) is 1.89. The van der Waals surface area contributed by atoms with Crippen LogP contribution in [0.2, 0.25) is 0 Å². The van der Waals surface area contributed by atoms with Crippen molar-refractivity contribution in [2.24, 2.45) is 5.73 Å². The van der Waals surface area contributed by atoms with Gasteiger partial charge in [0.25, 0.3) is 0 Å². The minimum atomic E-state index is -3.54. The largest absolute Gasteiger partial charge is 0.454 e. The minimum absolute atomic E-state index is 0.00310. The van der Waals surface area contributed by atoms with Gasteiger partial charge in [-0.1, -0.05) is 24.3 Å². The van der Waals surface area contributed by atoms with E-state index in [0.29, 0.717) is 17.1 Å². The second-order valence-electron chi connectivity index (χ2n) is 4.70. The maximum atomic E-state index is 12.7. The highest BCUT2D eigenvalue weighted by atomic mass is 32.2. The van der Waals surface area contributed by atoms with Crippen LogP contribution in [0.3, 0.4) is 0 Å². The second-order valence-corrected chi connectivity index (χ2v) is 6.83. The molecule has 2 aromatic carbocycles. The van der Waals surface area contributed by atoms with E-state index in [9.17, 15) is 8.42 Å². The summed E-state index contributed by atoms with van der Waals surface area (Å²) < 4.78 is 36.0. The third-order valence-electron chi connectivity index (χ3n) is 3.43. The number of nitrogens with two attached hydrogens (primary N) is 1. The summed E-state index contributed by atoms with van der Waals surface area (Å²) in [5, 5.41) is -0.811. The third-order valence-corrected chi connectivity index (χ3v) is 5.57. The summed E-state index contributed by atoms with van der Waals surface area (Å²) in [6.45, 7) is 0.147. The normalized spacial score (nSPS) is 14.9. The van der Waals surface area contributed by atoms with Crippen LogP contribution in [-0.2, 0) is 9.84 Å². The van der Waals surface area contributed by atoms with E-state index in [1.165, 1.54) is 0 Å². The van der Waals surface area contributed by atoms with Crippen molar-refractivity contribution in [2.75, 3.05) is 13.3 Å². The van der Waals surface area contributed by atoms with E-state index >= 15 is 0 Å². The molecular formula is C15H15NO4S. The molecule has 0 saturated heterocycles. The van der Waals surface area contributed by atoms with Crippen molar-refractivity contribution in [3.63, 3.8) is 0 Å². The Bertz CT molecular complexity index is 744. The smallest absolute Gasteiger partial charge is 0.231 e. The molecule has 1 aliphatic rings. The van der Waals surface area contributed by atoms with Gasteiger partial charge in [-0.2, -0.15) is 0 Å². The van der Waals surface area contributed by atoms with E-state index < -0.39 is 15.1 Å². The first kappa shape index (κ1) is 13.9. The molecule has 0 spiro atoms. The molecule has 6 heteroatoms. The Hall–Kier alpha value is -2.05. The molecule has 1 aliphatic heterocycles. The standard InChI is InChI=1S/C15H15NO4S/c16-9-15(21(17,18)12-4-2-1-3-5-12)11-6-7-13-14(8-11)20-10-19-13/h1-8,15H,9-10,16H2. The first-order chi connectivity index (χ1) is 10.1. The predicted molar refractivity (Wildman–Crippen MR) is 78.0 cm³/mol. The van der Waals surface area contributed by atoms with Gasteiger partial charge in [0, 0.05) is 6.54 Å². The van der Waals surface area contributed by atoms with Gasteiger partial charge in [0.1, 0.15) is 5.25 Å². The molecule has 0 amide bonds. The minimum Gasteiger partial charge on any atom is -0.454 e. The lowest BCUT2D eigenvalue weighted by Gasteiger charge is -2.16. The highest BCUT2D eigenvalue weighted by molar-refractivity contribution is 7.91. The van der Waals surface area contributed by atoms with Crippen LogP contribution in [0.4, 0.5) is 0 Å². The van der Waals surface area contributed by atoms with E-state index in [-0.39, 0.29) is 18.2 Å². The molecule has 0 bridgehead atoms. The molecule has 0 aliphatic carbocycles. The van der Waals surface area contributed by atoms with Crippen molar-refractivity contribution in [2.45, 2.75) is 10.1 Å². The van der Waals surface area contributed by atoms with Gasteiger partial charge >= 0.3 is 0 Å². The first-order valence-corrected chi connectivity index (χ1v) is 8.06. The van der Waals surface area contributed by atoms with E-state index in [4.69, 9.17) is 15.2 Å². The summed E-state index contributed by atoms with van der Waals surface area (Å²) in [7, 11) is -3.54. The van der Waals surface area contributed by atoms with Crippen LogP contribution >= 0.6 is 0 Å². The zero-order valence-corrected chi connectivity index (χ0v) is 12.0. The Labute approximate surface area is 123 Å². The Kier molecular flexibility index (Phi) is 3.57. The molecule has 5 nitrogen and oxygen atoms in total. The summed E-state index contributed by atoms with van der Waals surface area (Å²) in [6.07, 6.45) is 0. The Morgan fingerprint density at radius 2 is 1.76 bits per heavy atom. The van der Waals surface area contributed by atoms with Crippen LogP contribution in [-0.4, -0.2) is 21.8 Å². The lowest BCUT2D eigenvalue weighted by Crippen LogP contribution is -2.22. The molecule has 0 saturated carbocycles. The van der Waals surface area contributed by atoms with Gasteiger partial charge in [-0.3, -0.25) is 0 Å². The van der Waals surface area contributed by atoms with Gasteiger partial charge in [0.15, 0.2) is 21.3 Å². The monoisotopic (exact) mass is 305 g/mol. The summed E-state index contributed by atoms with van der Waals surface area (Å²) >= 11 is 0. The fourth-order valence-corrected chi connectivity index (χ4v) is 3.95. The number of fused-ring (bicyclic) bond motifs is 1. The average molecular weight is 305 g/mol. The molecule has 0 fully saturated rings. The van der Waals surface area contributed by atoms with E-state index in [1.807, 2.05) is 0 Å². The highest BCUT2D eigenvalue weighted by Gasteiger charge is 2.29. The highest BCUT2D eigenvalue weighted by Crippen LogP contribution is 2.37. The van der Waals surface area contributed by atoms with E-state index in [2.05, 4.69) is 0 Å². The lowest BCUT2D eigenvalue weighted by molar-refractivity contribution is 0.174. The molecule has 2 aromatic rings. The van der Waals surface area contributed by atoms with Crippen LogP contribution in [0.5, 0.6) is 11.5 Å². The molecule has 21 heavy (non-hydrogen) atoms. The maximum Gasteiger partial charge on any atom is 0.231 e. The van der Waals surface area contributed by atoms with Crippen molar-refractivity contribution in [1.82, 2.24) is 0 Å². The van der Waals surface area contributed by atoms with Crippen LogP contribution in [0.15, 0.2) is 53.4 Å². The molecule has 0 radical (unpaired) electrons. The Morgan fingerprint density at radius 3 is 2.48 bits per heavy atom. The topological polar surface area (TPSA) is 78.6 Å². The summed E-state index contributed by atoms with van der Waals surface area (Å²) in [6, 6.07) is 13.4. The fourth-order valence-electron chi connectivity index (χ4n) is 2.33. The van der Waals surface area contributed by atoms with Gasteiger partial charge in [-0.05, 0) is 29.8 Å². The van der Waals surface area contributed by atoms with Crippen molar-refractivity contribution in [3.8, 4) is 11.5 Å². The molecule has 0 aromatic heterocycles. The quantitative estimate of drug-likeness (QED) is 0.933. The number of rotatable bonds is 4. The lowest BCUT2D eigenvalue weighted by atomic mass is 10.1. The van der Waals surface area contributed by atoms with Crippen LogP contribution in [0.25, 0.3) is 0 Å². The zero-order chi connectivity index (χ0) is 14.9. The SMILES string of the molecule is NCC(c1ccc2c(c1)OCO2)S(=O)(=O)c1ccccc1. The van der Waals surface area contributed by atoms with Crippen LogP contribution in [0, 0.1) is 0 Å². The number of sulfone groups is 1. The molecular weight excluding hydrogens is 290 g/mol. The average Bonchev–Trinajstić information content (AvgIpc) is 2.96. The first-order valence-electron chi connectivity index (χ1n) is 6.51. The van der Waals surface area contributed by atoms with Gasteiger partial charge in [-0.15, -0.1) is 0 Å². The van der Waals surface area contributed by atoms with Gasteiger partial charge < -0.3 is 15.2 Å². The maximum absolute atomic E-state index is 12.7. The van der Waals surface area contributed by atoms with Crippen molar-refractivity contribution in [3.05, 3.63) is 54.1 Å². The Morgan fingerprint density at radius 1 is 1.05 bits per heavy atom. The molecule has 110 valence electrons. The van der Waals surface area contributed by atoms with Crippen molar-refractivity contribution < 1.29 is 17.9 Å². The molecule has 1 heterocycles. The van der Waals surface area contributed by atoms with Gasteiger partial charge in [0.05, 0.1) is 4.90 Å². The van der Waals surface area contributed by atoms with E-state index in [0.717, 1.165) is 0 Å². The molecule has 2 N–H and O–H groups in total.